The summed E-state index contributed by atoms with van der Waals surface area (Å²) >= 11 is 1.07. The molecule has 0 fully saturated rings. The average molecular weight is 370 g/mol. The highest BCUT2D eigenvalue weighted by Gasteiger charge is 2.24. The van der Waals surface area contributed by atoms with Gasteiger partial charge < -0.3 is 5.32 Å². The van der Waals surface area contributed by atoms with E-state index in [9.17, 15) is 17.6 Å². The Morgan fingerprint density at radius 3 is 2.54 bits per heavy atom. The molecule has 2 rings (SSSR count). The van der Waals surface area contributed by atoms with Gasteiger partial charge in [-0.2, -0.15) is 0 Å². The Hall–Kier alpha value is -1.93. The van der Waals surface area contributed by atoms with Crippen LogP contribution in [0.3, 0.4) is 0 Å². The molecular weight excluding hydrogens is 351 g/mol. The van der Waals surface area contributed by atoms with Crippen molar-refractivity contribution < 1.29 is 17.6 Å². The van der Waals surface area contributed by atoms with Crippen LogP contribution in [-0.4, -0.2) is 27.4 Å². The van der Waals surface area contributed by atoms with Crippen molar-refractivity contribution in [3.05, 3.63) is 46.4 Å². The number of thiophene rings is 1. The van der Waals surface area contributed by atoms with Crippen LogP contribution in [-0.2, 0) is 10.0 Å². The Labute approximate surface area is 145 Å². The van der Waals surface area contributed by atoms with Crippen LogP contribution in [0.15, 0.2) is 40.6 Å². The van der Waals surface area contributed by atoms with E-state index in [0.29, 0.717) is 10.6 Å². The molecule has 0 bridgehead atoms. The minimum atomic E-state index is -3.81. The van der Waals surface area contributed by atoms with Crippen molar-refractivity contribution in [2.75, 3.05) is 11.4 Å². The lowest BCUT2D eigenvalue weighted by Crippen LogP contribution is -2.31. The van der Waals surface area contributed by atoms with E-state index in [2.05, 4.69) is 5.32 Å². The monoisotopic (exact) mass is 370 g/mol. The molecule has 0 saturated carbocycles. The average Bonchev–Trinajstić information content (AvgIpc) is 3.05. The summed E-state index contributed by atoms with van der Waals surface area (Å²) in [6, 6.07) is 6.53. The zero-order chi connectivity index (χ0) is 17.9. The first-order valence-corrected chi connectivity index (χ1v) is 9.71. The lowest BCUT2D eigenvalue weighted by Gasteiger charge is -2.18. The van der Waals surface area contributed by atoms with Gasteiger partial charge in [-0.25, -0.2) is 12.8 Å². The first kappa shape index (κ1) is 18.4. The first-order valence-electron chi connectivity index (χ1n) is 7.39. The van der Waals surface area contributed by atoms with Gasteiger partial charge in [0.15, 0.2) is 0 Å². The first-order chi connectivity index (χ1) is 11.3. The van der Waals surface area contributed by atoms with Gasteiger partial charge in [0, 0.05) is 18.5 Å². The highest BCUT2D eigenvalue weighted by Crippen LogP contribution is 2.26. The van der Waals surface area contributed by atoms with Gasteiger partial charge in [0.25, 0.3) is 15.9 Å². The van der Waals surface area contributed by atoms with Crippen molar-refractivity contribution in [3.8, 4) is 0 Å². The summed E-state index contributed by atoms with van der Waals surface area (Å²) in [5.41, 5.74) is 0.341. The molecule has 0 saturated heterocycles. The molecule has 0 aliphatic heterocycles. The van der Waals surface area contributed by atoms with Crippen molar-refractivity contribution >= 4 is 33.0 Å². The van der Waals surface area contributed by atoms with Gasteiger partial charge in [0.2, 0.25) is 0 Å². The summed E-state index contributed by atoms with van der Waals surface area (Å²) in [4.78, 5) is 12.5. The summed E-state index contributed by atoms with van der Waals surface area (Å²) in [6.07, 6.45) is 0.787. The maximum atomic E-state index is 13.0. The number of rotatable bonds is 6. The molecule has 1 unspecified atom stereocenters. The van der Waals surface area contributed by atoms with Gasteiger partial charge in [-0.15, -0.1) is 11.3 Å². The summed E-state index contributed by atoms with van der Waals surface area (Å²) < 4.78 is 39.3. The fourth-order valence-corrected chi connectivity index (χ4v) is 4.28. The van der Waals surface area contributed by atoms with Crippen LogP contribution >= 0.6 is 11.3 Å². The number of hydrogen-bond acceptors (Lipinski definition) is 4. The zero-order valence-corrected chi connectivity index (χ0v) is 15.2. The molecule has 0 aliphatic rings. The molecule has 0 aliphatic carbocycles. The third-order valence-corrected chi connectivity index (χ3v) is 6.48. The fourth-order valence-electron chi connectivity index (χ4n) is 1.92. The Kier molecular flexibility index (Phi) is 5.61. The zero-order valence-electron chi connectivity index (χ0n) is 13.6. The fraction of sp³-hybridized carbons (Fsp3) is 0.312. The molecule has 24 heavy (non-hydrogen) atoms. The van der Waals surface area contributed by atoms with E-state index in [1.165, 1.54) is 42.8 Å². The summed E-state index contributed by atoms with van der Waals surface area (Å²) in [5, 5.41) is 4.23. The number of anilines is 1. The third-order valence-electron chi connectivity index (χ3n) is 3.64. The Morgan fingerprint density at radius 2 is 1.96 bits per heavy atom. The number of benzene rings is 1. The van der Waals surface area contributed by atoms with Crippen molar-refractivity contribution in [2.24, 2.45) is 0 Å². The van der Waals surface area contributed by atoms with E-state index in [1.807, 2.05) is 13.8 Å². The predicted octanol–water partition coefficient (Wildman–Crippen LogP) is 3.24. The van der Waals surface area contributed by atoms with Crippen LogP contribution < -0.4 is 9.62 Å². The van der Waals surface area contributed by atoms with Gasteiger partial charge in [-0.1, -0.05) is 6.92 Å². The van der Waals surface area contributed by atoms with Crippen molar-refractivity contribution in [1.29, 1.82) is 0 Å². The van der Waals surface area contributed by atoms with E-state index < -0.39 is 15.8 Å². The molecule has 8 heteroatoms. The van der Waals surface area contributed by atoms with Gasteiger partial charge >= 0.3 is 0 Å². The topological polar surface area (TPSA) is 66.5 Å². The molecule has 0 radical (unpaired) electrons. The van der Waals surface area contributed by atoms with E-state index in [0.717, 1.165) is 22.1 Å². The second-order valence-corrected chi connectivity index (χ2v) is 8.26. The Balaban J connectivity index is 2.24. The second kappa shape index (κ2) is 7.31. The Bertz CT molecular complexity index is 816. The minimum Gasteiger partial charge on any atom is -0.349 e. The van der Waals surface area contributed by atoms with Gasteiger partial charge in [-0.3, -0.25) is 9.10 Å². The van der Waals surface area contributed by atoms with Crippen LogP contribution in [0.2, 0.25) is 0 Å². The lowest BCUT2D eigenvalue weighted by atomic mass is 10.2. The van der Waals surface area contributed by atoms with Crippen molar-refractivity contribution in [2.45, 2.75) is 31.2 Å². The molecule has 1 aromatic heterocycles. The standard InChI is InChI=1S/C16H19FN2O3S2/c1-4-11(2)18-16(20)15-9-14(10-23-15)24(21,22)19(3)13-7-5-12(17)6-8-13/h5-11H,4H2,1-3H3,(H,18,20). The van der Waals surface area contributed by atoms with E-state index in [1.54, 1.807) is 0 Å². The van der Waals surface area contributed by atoms with Crippen LogP contribution in [0.4, 0.5) is 10.1 Å². The molecule has 1 atom stereocenters. The molecule has 1 heterocycles. The second-order valence-electron chi connectivity index (χ2n) is 5.38. The number of hydrogen-bond donors (Lipinski definition) is 1. The third kappa shape index (κ3) is 3.93. The van der Waals surface area contributed by atoms with Crippen LogP contribution in [0.1, 0.15) is 29.9 Å². The SMILES string of the molecule is CCC(C)NC(=O)c1cc(S(=O)(=O)N(C)c2ccc(F)cc2)cs1. The summed E-state index contributed by atoms with van der Waals surface area (Å²) in [6.45, 7) is 3.83. The molecule has 0 spiro atoms. The maximum absolute atomic E-state index is 13.0. The molecule has 1 N–H and O–H groups in total. The quantitative estimate of drug-likeness (QED) is 0.849. The number of carbonyl (C=O) groups excluding carboxylic acids is 1. The number of amides is 1. The number of nitrogens with one attached hydrogen (secondary N) is 1. The van der Waals surface area contributed by atoms with Gasteiger partial charge in [-0.05, 0) is 43.7 Å². The number of halogens is 1. The maximum Gasteiger partial charge on any atom is 0.264 e. The molecule has 130 valence electrons. The highest BCUT2D eigenvalue weighted by molar-refractivity contribution is 7.93. The van der Waals surface area contributed by atoms with E-state index >= 15 is 0 Å². The van der Waals surface area contributed by atoms with Crippen molar-refractivity contribution in [3.63, 3.8) is 0 Å². The van der Waals surface area contributed by atoms with E-state index in [4.69, 9.17) is 0 Å². The smallest absolute Gasteiger partial charge is 0.264 e. The molecule has 2 aromatic rings. The predicted molar refractivity (Wildman–Crippen MR) is 93.5 cm³/mol. The summed E-state index contributed by atoms with van der Waals surface area (Å²) in [7, 11) is -2.42. The molecular formula is C16H19FN2O3S2. The normalized spacial score (nSPS) is 12.7. The number of nitrogens with zero attached hydrogens (tertiary/aromatic N) is 1. The van der Waals surface area contributed by atoms with Crippen molar-refractivity contribution in [1.82, 2.24) is 5.32 Å². The Morgan fingerprint density at radius 1 is 1.33 bits per heavy atom. The number of sulfonamides is 1. The molecule has 1 aromatic carbocycles. The van der Waals surface area contributed by atoms with Crippen LogP contribution in [0, 0.1) is 5.82 Å². The largest absolute Gasteiger partial charge is 0.349 e. The van der Waals surface area contributed by atoms with Crippen LogP contribution in [0.5, 0.6) is 0 Å². The minimum absolute atomic E-state index is 0.0153. The number of carbonyl (C=O) groups is 1. The van der Waals surface area contributed by atoms with Crippen LogP contribution in [0.25, 0.3) is 0 Å². The molecule has 1 amide bonds. The molecule has 5 nitrogen and oxygen atoms in total. The lowest BCUT2D eigenvalue weighted by molar-refractivity contribution is 0.0943. The highest BCUT2D eigenvalue weighted by atomic mass is 32.2. The van der Waals surface area contributed by atoms with Gasteiger partial charge in [0.05, 0.1) is 15.5 Å². The van der Waals surface area contributed by atoms with E-state index in [-0.39, 0.29) is 16.8 Å². The van der Waals surface area contributed by atoms with Gasteiger partial charge in [0.1, 0.15) is 5.82 Å². The summed E-state index contributed by atoms with van der Waals surface area (Å²) in [5.74, 6) is -0.732.